The number of pyridine rings is 1. The molecule has 1 aliphatic rings. The number of aromatic nitrogens is 1. The summed E-state index contributed by atoms with van der Waals surface area (Å²) in [6.07, 6.45) is 2.72. The topological polar surface area (TPSA) is 54.5 Å². The molecule has 1 aromatic heterocycles. The Kier molecular flexibility index (Phi) is 6.01. The number of hydrogen-bond acceptors (Lipinski definition) is 4. The van der Waals surface area contributed by atoms with Crippen molar-refractivity contribution in [2.75, 3.05) is 37.7 Å². The van der Waals surface area contributed by atoms with E-state index < -0.39 is 0 Å². The Morgan fingerprint density at radius 3 is 2.68 bits per heavy atom. The molecule has 1 saturated heterocycles. The zero-order valence-electron chi connectivity index (χ0n) is 14.6. The van der Waals surface area contributed by atoms with Gasteiger partial charge in [-0.3, -0.25) is 4.79 Å². The van der Waals surface area contributed by atoms with Crippen LogP contribution in [0.4, 0.5) is 5.82 Å². The second kappa shape index (κ2) is 8.62. The smallest absolute Gasteiger partial charge is 0.255 e. The lowest BCUT2D eigenvalue weighted by Crippen LogP contribution is -2.38. The minimum absolute atomic E-state index is 0.0658. The van der Waals surface area contributed by atoms with Crippen molar-refractivity contribution in [2.45, 2.75) is 19.3 Å². The molecular formula is C20H25N3O2. The number of ether oxygens (including phenoxy) is 1. The van der Waals surface area contributed by atoms with Gasteiger partial charge in [0, 0.05) is 31.7 Å². The molecule has 1 amide bonds. The quantitative estimate of drug-likeness (QED) is 0.879. The minimum atomic E-state index is -0.0658. The number of benzene rings is 1. The predicted molar refractivity (Wildman–Crippen MR) is 99.1 cm³/mol. The van der Waals surface area contributed by atoms with Gasteiger partial charge in [-0.1, -0.05) is 37.3 Å². The van der Waals surface area contributed by atoms with Crippen LogP contribution >= 0.6 is 0 Å². The average Bonchev–Trinajstić information content (AvgIpc) is 2.70. The molecule has 1 aliphatic heterocycles. The number of hydrogen-bond donors (Lipinski definition) is 1. The number of anilines is 1. The third-order valence-electron chi connectivity index (χ3n) is 4.61. The zero-order chi connectivity index (χ0) is 17.5. The molecule has 2 aromatic rings. The fraction of sp³-hybridized carbons (Fsp3) is 0.400. The van der Waals surface area contributed by atoms with Gasteiger partial charge in [-0.25, -0.2) is 4.98 Å². The summed E-state index contributed by atoms with van der Waals surface area (Å²) in [7, 11) is 0. The van der Waals surface area contributed by atoms with Crippen molar-refractivity contribution < 1.29 is 9.53 Å². The first-order valence-corrected chi connectivity index (χ1v) is 8.90. The normalized spacial score (nSPS) is 15.6. The van der Waals surface area contributed by atoms with Gasteiger partial charge in [0.25, 0.3) is 5.91 Å². The summed E-state index contributed by atoms with van der Waals surface area (Å²) in [5.41, 5.74) is 1.89. The average molecular weight is 339 g/mol. The number of carbonyl (C=O) groups is 1. The Balaban J connectivity index is 1.69. The van der Waals surface area contributed by atoms with Gasteiger partial charge in [0.1, 0.15) is 5.82 Å². The Morgan fingerprint density at radius 1 is 1.20 bits per heavy atom. The van der Waals surface area contributed by atoms with E-state index in [1.54, 1.807) is 6.20 Å². The van der Waals surface area contributed by atoms with Crippen molar-refractivity contribution >= 4 is 11.7 Å². The van der Waals surface area contributed by atoms with Gasteiger partial charge >= 0.3 is 0 Å². The molecule has 5 nitrogen and oxygen atoms in total. The van der Waals surface area contributed by atoms with Gasteiger partial charge in [-0.05, 0) is 24.1 Å². The highest BCUT2D eigenvalue weighted by molar-refractivity contribution is 5.98. The Hall–Kier alpha value is -2.40. The first kappa shape index (κ1) is 17.4. The number of carbonyl (C=O) groups excluding carboxylic acids is 1. The first-order valence-electron chi connectivity index (χ1n) is 8.90. The summed E-state index contributed by atoms with van der Waals surface area (Å²) in [6, 6.07) is 14.0. The highest BCUT2D eigenvalue weighted by Crippen LogP contribution is 2.20. The van der Waals surface area contributed by atoms with Crippen LogP contribution in [0, 0.1) is 0 Å². The SMILES string of the molecule is CCC(CNC(=O)c1cccnc1N1CCOCC1)c1ccccc1. The van der Waals surface area contributed by atoms with Crippen LogP contribution in [0.2, 0.25) is 0 Å². The van der Waals surface area contributed by atoms with Crippen molar-refractivity contribution in [3.05, 3.63) is 59.8 Å². The van der Waals surface area contributed by atoms with E-state index in [-0.39, 0.29) is 5.91 Å². The molecule has 132 valence electrons. The molecule has 2 heterocycles. The van der Waals surface area contributed by atoms with Crippen LogP contribution in [-0.4, -0.2) is 43.7 Å². The van der Waals surface area contributed by atoms with Crippen molar-refractivity contribution in [1.82, 2.24) is 10.3 Å². The molecule has 25 heavy (non-hydrogen) atoms. The van der Waals surface area contributed by atoms with Crippen molar-refractivity contribution in [1.29, 1.82) is 0 Å². The molecule has 0 aliphatic carbocycles. The van der Waals surface area contributed by atoms with Crippen molar-refractivity contribution in [3.63, 3.8) is 0 Å². The maximum Gasteiger partial charge on any atom is 0.255 e. The number of nitrogens with one attached hydrogen (secondary N) is 1. The van der Waals surface area contributed by atoms with Crippen LogP contribution in [0.5, 0.6) is 0 Å². The summed E-state index contributed by atoms with van der Waals surface area (Å²) in [4.78, 5) is 19.3. The van der Waals surface area contributed by atoms with Crippen LogP contribution in [0.15, 0.2) is 48.7 Å². The molecule has 5 heteroatoms. The lowest BCUT2D eigenvalue weighted by molar-refractivity contribution is 0.0949. The van der Waals surface area contributed by atoms with Gasteiger partial charge in [0.2, 0.25) is 0 Å². The Bertz CT molecular complexity index is 684. The van der Waals surface area contributed by atoms with Crippen molar-refractivity contribution in [3.8, 4) is 0 Å². The summed E-state index contributed by atoms with van der Waals surface area (Å²) in [5, 5.41) is 3.09. The standard InChI is InChI=1S/C20H25N3O2/c1-2-16(17-7-4-3-5-8-17)15-22-20(24)18-9-6-10-21-19(18)23-11-13-25-14-12-23/h3-10,16H,2,11-15H2,1H3,(H,22,24). The maximum absolute atomic E-state index is 12.8. The minimum Gasteiger partial charge on any atom is -0.378 e. The molecule has 0 saturated carbocycles. The highest BCUT2D eigenvalue weighted by atomic mass is 16.5. The van der Waals surface area contributed by atoms with Crippen molar-refractivity contribution in [2.24, 2.45) is 0 Å². The lowest BCUT2D eigenvalue weighted by atomic mass is 9.96. The molecule has 0 spiro atoms. The van der Waals surface area contributed by atoms with Crippen LogP contribution in [0.25, 0.3) is 0 Å². The van der Waals surface area contributed by atoms with Crippen LogP contribution < -0.4 is 10.2 Å². The van der Waals surface area contributed by atoms with Crippen LogP contribution in [0.3, 0.4) is 0 Å². The second-order valence-electron chi connectivity index (χ2n) is 6.20. The van der Waals surface area contributed by atoms with Gasteiger partial charge in [0.05, 0.1) is 18.8 Å². The number of morpholine rings is 1. The fourth-order valence-corrected chi connectivity index (χ4v) is 3.14. The second-order valence-corrected chi connectivity index (χ2v) is 6.20. The van der Waals surface area contributed by atoms with Crippen LogP contribution in [0.1, 0.15) is 35.2 Å². The monoisotopic (exact) mass is 339 g/mol. The van der Waals surface area contributed by atoms with Gasteiger partial charge in [0.15, 0.2) is 0 Å². The van der Waals surface area contributed by atoms with E-state index in [1.165, 1.54) is 5.56 Å². The van der Waals surface area contributed by atoms with E-state index in [9.17, 15) is 4.79 Å². The molecule has 3 rings (SSSR count). The number of amides is 1. The van der Waals surface area contributed by atoms with Gasteiger partial charge < -0.3 is 15.0 Å². The van der Waals surface area contributed by atoms with E-state index in [2.05, 4.69) is 34.3 Å². The highest BCUT2D eigenvalue weighted by Gasteiger charge is 2.20. The summed E-state index contributed by atoms with van der Waals surface area (Å²) >= 11 is 0. The Morgan fingerprint density at radius 2 is 1.96 bits per heavy atom. The number of nitrogens with zero attached hydrogens (tertiary/aromatic N) is 2. The van der Waals surface area contributed by atoms with Crippen LogP contribution in [-0.2, 0) is 4.74 Å². The first-order chi connectivity index (χ1) is 12.3. The molecule has 1 unspecified atom stereocenters. The Labute approximate surface area is 149 Å². The molecule has 0 bridgehead atoms. The van der Waals surface area contributed by atoms with E-state index in [1.807, 2.05) is 30.3 Å². The van der Waals surface area contributed by atoms with Gasteiger partial charge in [-0.2, -0.15) is 0 Å². The molecule has 1 atom stereocenters. The zero-order valence-corrected chi connectivity index (χ0v) is 14.6. The predicted octanol–water partition coefficient (Wildman–Crippen LogP) is 2.84. The molecule has 0 radical (unpaired) electrons. The van der Waals surface area contributed by atoms with E-state index in [0.717, 1.165) is 25.3 Å². The lowest BCUT2D eigenvalue weighted by Gasteiger charge is -2.29. The molecule has 1 N–H and O–H groups in total. The maximum atomic E-state index is 12.8. The number of rotatable bonds is 6. The van der Waals surface area contributed by atoms with E-state index >= 15 is 0 Å². The van der Waals surface area contributed by atoms with E-state index in [4.69, 9.17) is 4.74 Å². The largest absolute Gasteiger partial charge is 0.378 e. The van der Waals surface area contributed by atoms with E-state index in [0.29, 0.717) is 31.2 Å². The molecular weight excluding hydrogens is 314 g/mol. The summed E-state index contributed by atoms with van der Waals surface area (Å²) in [5.74, 6) is 0.994. The molecule has 1 fully saturated rings. The third kappa shape index (κ3) is 4.37. The fourth-order valence-electron chi connectivity index (χ4n) is 3.14. The molecule has 1 aromatic carbocycles. The third-order valence-corrected chi connectivity index (χ3v) is 4.61. The van der Waals surface area contributed by atoms with Gasteiger partial charge in [-0.15, -0.1) is 0 Å². The summed E-state index contributed by atoms with van der Waals surface area (Å²) < 4.78 is 5.39. The summed E-state index contributed by atoms with van der Waals surface area (Å²) in [6.45, 7) is 5.63.